The van der Waals surface area contributed by atoms with Crippen LogP contribution in [0.1, 0.15) is 0 Å². The number of rotatable bonds is 1. The van der Waals surface area contributed by atoms with Gasteiger partial charge >= 0.3 is 0 Å². The Morgan fingerprint density at radius 2 is 1.67 bits per heavy atom. The van der Waals surface area contributed by atoms with E-state index in [9.17, 15) is 0 Å². The van der Waals surface area contributed by atoms with Gasteiger partial charge in [0, 0.05) is 0 Å². The van der Waals surface area contributed by atoms with Gasteiger partial charge in [-0.25, -0.2) is 4.52 Å². The predicted octanol–water partition coefficient (Wildman–Crippen LogP) is 0.699. The molecule has 6 heavy (non-hydrogen) atoms. The molecule has 2 nitrogen and oxygen atoms in total. The van der Waals surface area contributed by atoms with Crippen molar-refractivity contribution in [3.8, 4) is 0 Å². The molecule has 0 fully saturated rings. The van der Waals surface area contributed by atoms with Gasteiger partial charge in [0.05, 0.1) is 20.4 Å². The molecule has 0 aliphatic carbocycles. The third kappa shape index (κ3) is 4.35. The van der Waals surface area contributed by atoms with Crippen molar-refractivity contribution in [2.45, 2.75) is 0 Å². The van der Waals surface area contributed by atoms with Crippen molar-refractivity contribution in [1.29, 1.82) is 0 Å². The second-order valence-corrected chi connectivity index (χ2v) is 4.85. The molecule has 0 aromatic heterocycles. The first-order chi connectivity index (χ1) is 2.56. The van der Waals surface area contributed by atoms with Gasteiger partial charge in [-0.2, -0.15) is 5.50 Å². The molecule has 2 N–H and O–H groups in total. The zero-order valence-corrected chi connectivity index (χ0v) is 5.33. The van der Waals surface area contributed by atoms with Crippen molar-refractivity contribution < 1.29 is 4.52 Å². The van der Waals surface area contributed by atoms with Gasteiger partial charge in [-0.1, -0.05) is 0 Å². The second kappa shape index (κ2) is 1.87. The Hall–Kier alpha value is 0.350. The molecule has 0 amide bonds. The SMILES string of the molecule is CO[P+](C)(C)N. The Morgan fingerprint density at radius 1 is 1.50 bits per heavy atom. The van der Waals surface area contributed by atoms with Gasteiger partial charge in [0.15, 0.2) is 0 Å². The fraction of sp³-hybridized carbons (Fsp3) is 1.00. The summed E-state index contributed by atoms with van der Waals surface area (Å²) in [5.74, 6) is 0. The van der Waals surface area contributed by atoms with Crippen molar-refractivity contribution in [2.75, 3.05) is 20.4 Å². The van der Waals surface area contributed by atoms with Gasteiger partial charge in [0.2, 0.25) is 7.64 Å². The summed E-state index contributed by atoms with van der Waals surface area (Å²) in [6, 6.07) is 0. The minimum atomic E-state index is -1.40. The van der Waals surface area contributed by atoms with Crippen LogP contribution in [0, 0.1) is 0 Å². The van der Waals surface area contributed by atoms with Crippen molar-refractivity contribution in [3.63, 3.8) is 0 Å². The maximum Gasteiger partial charge on any atom is 0.204 e. The van der Waals surface area contributed by atoms with Crippen molar-refractivity contribution >= 4 is 7.64 Å². The Labute approximate surface area is 39.2 Å². The fourth-order valence-corrected chi connectivity index (χ4v) is 0. The minimum absolute atomic E-state index is 1.40. The Kier molecular flexibility index (Phi) is 1.98. The van der Waals surface area contributed by atoms with Gasteiger partial charge in [0.1, 0.15) is 0 Å². The minimum Gasteiger partial charge on any atom is -0.224 e. The van der Waals surface area contributed by atoms with Gasteiger partial charge < -0.3 is 0 Å². The van der Waals surface area contributed by atoms with E-state index in [0.717, 1.165) is 0 Å². The molecule has 0 saturated heterocycles. The molecule has 38 valence electrons. The molecule has 0 radical (unpaired) electrons. The standard InChI is InChI=1S/C3H11NOP/c1-5-6(2,3)4/h4H2,1-3H3/q+1. The lowest BCUT2D eigenvalue weighted by molar-refractivity contribution is 0.453. The molecule has 0 aromatic rings. The van der Waals surface area contributed by atoms with Crippen LogP contribution in [0.3, 0.4) is 0 Å². The molecule has 0 aliphatic rings. The van der Waals surface area contributed by atoms with Gasteiger partial charge in [0.25, 0.3) is 0 Å². The van der Waals surface area contributed by atoms with E-state index < -0.39 is 7.64 Å². The van der Waals surface area contributed by atoms with E-state index in [2.05, 4.69) is 0 Å². The predicted molar refractivity (Wildman–Crippen MR) is 30.0 cm³/mol. The molecule has 0 spiro atoms. The molecule has 3 heteroatoms. The van der Waals surface area contributed by atoms with Crippen molar-refractivity contribution in [2.24, 2.45) is 5.50 Å². The highest BCUT2D eigenvalue weighted by atomic mass is 31.2. The van der Waals surface area contributed by atoms with E-state index in [1.54, 1.807) is 7.11 Å². The molecular formula is C3H11NOP+. The molecule has 0 bridgehead atoms. The third-order valence-corrected chi connectivity index (χ3v) is 1.41. The lowest BCUT2D eigenvalue weighted by Crippen LogP contribution is -2.00. The Bertz CT molecular complexity index is 40.5. The Morgan fingerprint density at radius 3 is 1.67 bits per heavy atom. The highest BCUT2D eigenvalue weighted by Gasteiger charge is 2.14. The fourth-order valence-electron chi connectivity index (χ4n) is 0. The molecule has 0 aliphatic heterocycles. The van der Waals surface area contributed by atoms with Crippen LogP contribution < -0.4 is 5.50 Å². The Balaban J connectivity index is 3.17. The van der Waals surface area contributed by atoms with Gasteiger partial charge in [-0.05, 0) is 0 Å². The van der Waals surface area contributed by atoms with Crippen LogP contribution in [-0.2, 0) is 4.52 Å². The highest BCUT2D eigenvalue weighted by molar-refractivity contribution is 7.67. The molecule has 0 unspecified atom stereocenters. The van der Waals surface area contributed by atoms with Crippen LogP contribution in [0.4, 0.5) is 0 Å². The number of hydrogen-bond acceptors (Lipinski definition) is 2. The second-order valence-electron chi connectivity index (χ2n) is 1.62. The van der Waals surface area contributed by atoms with E-state index in [4.69, 9.17) is 10.0 Å². The van der Waals surface area contributed by atoms with Crippen LogP contribution in [0.2, 0.25) is 0 Å². The zero-order valence-electron chi connectivity index (χ0n) is 4.43. The molecular weight excluding hydrogens is 97.0 g/mol. The summed E-state index contributed by atoms with van der Waals surface area (Å²) in [5.41, 5.74) is 5.42. The van der Waals surface area contributed by atoms with Gasteiger partial charge in [-0.3, -0.25) is 0 Å². The quantitative estimate of drug-likeness (QED) is 0.502. The number of nitrogens with two attached hydrogens (primary N) is 1. The monoisotopic (exact) mass is 108 g/mol. The van der Waals surface area contributed by atoms with Crippen LogP contribution in [0.5, 0.6) is 0 Å². The lowest BCUT2D eigenvalue weighted by atomic mass is 11.8. The third-order valence-electron chi connectivity index (χ3n) is 0.471. The first-order valence-corrected chi connectivity index (χ1v) is 4.41. The molecule has 0 aromatic carbocycles. The van der Waals surface area contributed by atoms with Crippen LogP contribution in [0.25, 0.3) is 0 Å². The summed E-state index contributed by atoms with van der Waals surface area (Å²) < 4.78 is 4.83. The average molecular weight is 108 g/mol. The van der Waals surface area contributed by atoms with E-state index in [1.807, 2.05) is 13.3 Å². The first kappa shape index (κ1) is 6.35. The lowest BCUT2D eigenvalue weighted by Gasteiger charge is -2.03. The highest BCUT2D eigenvalue weighted by Crippen LogP contribution is 2.40. The van der Waals surface area contributed by atoms with Gasteiger partial charge in [-0.15, -0.1) is 0 Å². The van der Waals surface area contributed by atoms with E-state index in [-0.39, 0.29) is 0 Å². The van der Waals surface area contributed by atoms with E-state index in [0.29, 0.717) is 0 Å². The summed E-state index contributed by atoms with van der Waals surface area (Å²) >= 11 is 0. The first-order valence-electron chi connectivity index (χ1n) is 1.74. The van der Waals surface area contributed by atoms with Crippen molar-refractivity contribution in [1.82, 2.24) is 0 Å². The summed E-state index contributed by atoms with van der Waals surface area (Å²) in [7, 11) is 0.236. The average Bonchev–Trinajstić information content (AvgIpc) is 1.35. The molecule has 0 heterocycles. The maximum atomic E-state index is 5.42. The van der Waals surface area contributed by atoms with E-state index in [1.165, 1.54) is 0 Å². The molecule has 0 rings (SSSR count). The van der Waals surface area contributed by atoms with Crippen LogP contribution in [-0.4, -0.2) is 20.4 Å². The van der Waals surface area contributed by atoms with Crippen molar-refractivity contribution in [3.05, 3.63) is 0 Å². The summed E-state index contributed by atoms with van der Waals surface area (Å²) in [6.45, 7) is 3.82. The zero-order chi connectivity index (χ0) is 5.21. The maximum absolute atomic E-state index is 5.42. The number of hydrogen-bond donors (Lipinski definition) is 1. The van der Waals surface area contributed by atoms with Crippen LogP contribution in [0.15, 0.2) is 0 Å². The van der Waals surface area contributed by atoms with Crippen LogP contribution >= 0.6 is 7.64 Å². The molecule has 0 atom stereocenters. The summed E-state index contributed by atoms with van der Waals surface area (Å²) in [6.07, 6.45) is 0. The summed E-state index contributed by atoms with van der Waals surface area (Å²) in [5, 5.41) is 0. The largest absolute Gasteiger partial charge is 0.224 e. The summed E-state index contributed by atoms with van der Waals surface area (Å²) in [4.78, 5) is 0. The topological polar surface area (TPSA) is 35.2 Å². The van der Waals surface area contributed by atoms with E-state index >= 15 is 0 Å². The normalized spacial score (nSPS) is 12.0. The molecule has 0 saturated carbocycles. The smallest absolute Gasteiger partial charge is 0.204 e.